The summed E-state index contributed by atoms with van der Waals surface area (Å²) in [7, 11) is 0. The van der Waals surface area contributed by atoms with Gasteiger partial charge in [-0.05, 0) is 251 Å². The second-order valence-electron chi connectivity index (χ2n) is 30.7. The highest BCUT2D eigenvalue weighted by Gasteiger charge is 3.11. The Balaban J connectivity index is 0.954. The molecule has 0 aromatic rings. The van der Waals surface area contributed by atoms with E-state index in [4.69, 9.17) is 0 Å². The van der Waals surface area contributed by atoms with E-state index in [0.717, 1.165) is 146 Å². The maximum absolute atomic E-state index is 3.08. The average Bonchev–Trinajstić information content (AvgIpc) is 3.93. The van der Waals surface area contributed by atoms with E-state index in [-0.39, 0.29) is 0 Å². The van der Waals surface area contributed by atoms with Crippen LogP contribution in [0.25, 0.3) is 0 Å². The molecule has 0 aliphatic heterocycles. The van der Waals surface area contributed by atoms with Crippen LogP contribution in [0.3, 0.4) is 0 Å². The van der Waals surface area contributed by atoms with Gasteiger partial charge in [0.25, 0.3) is 0 Å². The zero-order chi connectivity index (χ0) is 45.3. The van der Waals surface area contributed by atoms with E-state index in [2.05, 4.69) is 111 Å². The molecular weight excluding hydrogens is 769 g/mol. The summed E-state index contributed by atoms with van der Waals surface area (Å²) in [6.07, 6.45) is 22.8. The first kappa shape index (κ1) is 45.2. The Hall–Kier alpha value is 0. The van der Waals surface area contributed by atoms with Crippen molar-refractivity contribution >= 4 is 0 Å². The third-order valence-corrected chi connectivity index (χ3v) is 29.1. The number of hydrogen-bond donors (Lipinski definition) is 0. The van der Waals surface area contributed by atoms with Gasteiger partial charge in [0.2, 0.25) is 0 Å². The van der Waals surface area contributed by atoms with Crippen LogP contribution in [0.1, 0.15) is 207 Å². The Morgan fingerprint density at radius 1 is 0.484 bits per heavy atom. The first-order chi connectivity index (χ1) is 30.4. The molecule has 0 nitrogen and oxygen atoms in total. The van der Waals surface area contributed by atoms with Gasteiger partial charge >= 0.3 is 0 Å². The third kappa shape index (κ3) is 4.72. The largest absolute Gasteiger partial charge is 0.0654 e. The van der Waals surface area contributed by atoms with Crippen molar-refractivity contribution in [2.75, 3.05) is 0 Å². The lowest BCUT2D eigenvalue weighted by Gasteiger charge is -2.96. The SMILES string of the molecule is CCCC1CC2C3C4CC5C6C7C(CC(C)CC(C)CC(C)CC(C)CC)CC(C)(CC(C)C(C)C(C)C(C)C(C)CC)C8C9C%10C%11C(CC%10(C)C(C)CCC)C1C2C1C3C45C6(C78)C%1191. The van der Waals surface area contributed by atoms with Crippen molar-refractivity contribution in [3.63, 3.8) is 0 Å². The van der Waals surface area contributed by atoms with Gasteiger partial charge in [0.1, 0.15) is 0 Å². The number of rotatable bonds is 21. The lowest BCUT2D eigenvalue weighted by Crippen LogP contribution is -2.92. The minimum absolute atomic E-state index is 0.519. The molecule has 0 aromatic carbocycles. The van der Waals surface area contributed by atoms with Crippen LogP contribution in [0, 0.1) is 193 Å². The Bertz CT molecular complexity index is 1810. The maximum Gasteiger partial charge on any atom is -0.00995 e. The predicted molar refractivity (Wildman–Crippen MR) is 270 cm³/mol. The van der Waals surface area contributed by atoms with Gasteiger partial charge in [-0.3, -0.25) is 0 Å². The van der Waals surface area contributed by atoms with Crippen molar-refractivity contribution in [3.8, 4) is 0 Å². The van der Waals surface area contributed by atoms with Crippen LogP contribution in [-0.2, 0) is 0 Å². The van der Waals surface area contributed by atoms with E-state index < -0.39 is 0 Å². The average molecular weight is 876 g/mol. The van der Waals surface area contributed by atoms with E-state index >= 15 is 0 Å². The van der Waals surface area contributed by atoms with Gasteiger partial charge in [0.05, 0.1) is 0 Å². The highest BCUT2D eigenvalue weighted by molar-refractivity contribution is 5.57. The van der Waals surface area contributed by atoms with Gasteiger partial charge in [-0.25, -0.2) is 0 Å². The highest BCUT2D eigenvalue weighted by atomic mass is 15.1. The predicted octanol–water partition coefficient (Wildman–Crippen LogP) is 17.5. The molecule has 12 aliphatic rings. The van der Waals surface area contributed by atoms with Crippen molar-refractivity contribution in [2.24, 2.45) is 193 Å². The molecule has 12 saturated carbocycles. The Morgan fingerprint density at radius 3 is 1.83 bits per heavy atom. The smallest absolute Gasteiger partial charge is 0.00995 e. The standard InChI is InChI=1S/C64H106/c1-17-21-38(11)61(16)31-45-48-42(22-18-2)27-44-50-46-28-47-53-49-43(26-35(8)25-34(7)24-33(6)23-32(5)19-3)30-60(15,29-37(10)40(13)41(14)39(12)36(9)20-4)57-56(49)64(53)62(46,47)54(50)55(51(44)48)63(64)52(45)58(61)59(57)63/h32-59H,17-31H2,1-16H3. The monoisotopic (exact) mass is 875 g/mol. The second kappa shape index (κ2) is 14.6. The van der Waals surface area contributed by atoms with Crippen molar-refractivity contribution < 1.29 is 0 Å². The Labute approximate surface area is 398 Å². The summed E-state index contributed by atoms with van der Waals surface area (Å²) in [5.74, 6) is 28.9. The number of hydrogen-bond acceptors (Lipinski definition) is 0. The molecule has 0 heteroatoms. The molecule has 64 heavy (non-hydrogen) atoms. The molecular formula is C64H106. The zero-order valence-corrected chi connectivity index (χ0v) is 45.3. The maximum atomic E-state index is 3.08. The minimum atomic E-state index is 0.519. The summed E-state index contributed by atoms with van der Waals surface area (Å²) >= 11 is 0. The van der Waals surface area contributed by atoms with E-state index in [1.165, 1.54) is 86.9 Å². The fraction of sp³-hybridized carbons (Fsp3) is 1.00. The molecule has 0 aromatic heterocycles. The molecule has 12 aliphatic carbocycles. The van der Waals surface area contributed by atoms with Crippen LogP contribution in [-0.4, -0.2) is 0 Å². The minimum Gasteiger partial charge on any atom is -0.0654 e. The summed E-state index contributed by atoms with van der Waals surface area (Å²) in [6, 6.07) is 0. The lowest BCUT2D eigenvalue weighted by atomic mass is 9.08. The van der Waals surface area contributed by atoms with Crippen molar-refractivity contribution in [1.82, 2.24) is 0 Å². The summed E-state index contributed by atoms with van der Waals surface area (Å²) in [5.41, 5.74) is 3.55. The van der Waals surface area contributed by atoms with E-state index in [0.29, 0.717) is 10.8 Å². The van der Waals surface area contributed by atoms with Gasteiger partial charge in [0, 0.05) is 0 Å². The molecule has 0 saturated heterocycles. The fourth-order valence-electron chi connectivity index (χ4n) is 27.9. The van der Waals surface area contributed by atoms with Gasteiger partial charge in [0.15, 0.2) is 0 Å². The van der Waals surface area contributed by atoms with Crippen LogP contribution in [0.5, 0.6) is 0 Å². The van der Waals surface area contributed by atoms with Gasteiger partial charge in [-0.15, -0.1) is 0 Å². The van der Waals surface area contributed by atoms with Crippen LogP contribution in [0.2, 0.25) is 0 Å². The molecule has 0 heterocycles. The van der Waals surface area contributed by atoms with Gasteiger partial charge in [-0.2, -0.15) is 0 Å². The van der Waals surface area contributed by atoms with Crippen molar-refractivity contribution in [3.05, 3.63) is 0 Å². The van der Waals surface area contributed by atoms with E-state index in [1.807, 2.05) is 0 Å². The van der Waals surface area contributed by atoms with Crippen LogP contribution in [0.15, 0.2) is 0 Å². The van der Waals surface area contributed by atoms with Gasteiger partial charge in [-0.1, -0.05) is 149 Å². The molecule has 33 unspecified atom stereocenters. The lowest BCUT2D eigenvalue weighted by molar-refractivity contribution is -0.495. The van der Waals surface area contributed by atoms with Crippen LogP contribution >= 0.6 is 0 Å². The molecule has 362 valence electrons. The van der Waals surface area contributed by atoms with Crippen LogP contribution in [0.4, 0.5) is 0 Å². The molecule has 33 atom stereocenters. The topological polar surface area (TPSA) is 0 Å². The summed E-state index contributed by atoms with van der Waals surface area (Å²) in [4.78, 5) is 0. The van der Waals surface area contributed by atoms with Crippen LogP contribution < -0.4 is 0 Å². The van der Waals surface area contributed by atoms with E-state index in [9.17, 15) is 0 Å². The first-order valence-corrected chi connectivity index (χ1v) is 30.4. The first-order valence-electron chi connectivity index (χ1n) is 30.4. The van der Waals surface area contributed by atoms with E-state index in [1.54, 1.807) is 44.9 Å². The van der Waals surface area contributed by atoms with Crippen molar-refractivity contribution in [2.45, 2.75) is 207 Å². The molecule has 0 radical (unpaired) electrons. The molecule has 0 N–H and O–H groups in total. The molecule has 12 rings (SSSR count). The zero-order valence-electron chi connectivity index (χ0n) is 45.3. The molecule has 0 bridgehead atoms. The molecule has 0 amide bonds. The van der Waals surface area contributed by atoms with Gasteiger partial charge < -0.3 is 0 Å². The summed E-state index contributed by atoms with van der Waals surface area (Å²) < 4.78 is 0. The Morgan fingerprint density at radius 2 is 1.16 bits per heavy atom. The summed E-state index contributed by atoms with van der Waals surface area (Å²) in [6.45, 7) is 42.9. The number of fused-ring (bicyclic) bond motifs is 7. The fourth-order valence-corrected chi connectivity index (χ4v) is 27.9. The normalized spacial score (nSPS) is 58.1. The second-order valence-corrected chi connectivity index (χ2v) is 30.7. The quantitative estimate of drug-likeness (QED) is 0.108. The highest BCUT2D eigenvalue weighted by Crippen LogP contribution is 3.14. The third-order valence-electron chi connectivity index (χ3n) is 29.1. The molecule has 12 fully saturated rings. The molecule has 3 spiro atoms. The summed E-state index contributed by atoms with van der Waals surface area (Å²) in [5, 5.41) is 0. The van der Waals surface area contributed by atoms with Crippen molar-refractivity contribution in [1.29, 1.82) is 0 Å². The Kier molecular flexibility index (Phi) is 10.3.